The lowest BCUT2D eigenvalue weighted by Crippen LogP contribution is -2.12. The number of fused-ring (bicyclic) bond motifs is 1. The zero-order valence-corrected chi connectivity index (χ0v) is 7.99. The van der Waals surface area contributed by atoms with Crippen molar-refractivity contribution in [2.75, 3.05) is 13.7 Å². The van der Waals surface area contributed by atoms with Crippen LogP contribution < -0.4 is 4.74 Å². The summed E-state index contributed by atoms with van der Waals surface area (Å²) in [7, 11) is 1.60. The average molecular weight is 192 g/mol. The van der Waals surface area contributed by atoms with E-state index in [1.165, 1.54) is 0 Å². The van der Waals surface area contributed by atoms with Gasteiger partial charge in [-0.15, -0.1) is 0 Å². The van der Waals surface area contributed by atoms with Crippen LogP contribution in [0.4, 0.5) is 0 Å². The minimum absolute atomic E-state index is 0.0464. The highest BCUT2D eigenvalue weighted by Crippen LogP contribution is 2.29. The van der Waals surface area contributed by atoms with E-state index >= 15 is 0 Å². The molecule has 0 aliphatic heterocycles. The number of aliphatic hydroxyl groups excluding tert-OH is 1. The lowest BCUT2D eigenvalue weighted by molar-refractivity contribution is 0.0883. The number of hydrogen-bond acceptors (Lipinski definition) is 3. The summed E-state index contributed by atoms with van der Waals surface area (Å²) in [5.41, 5.74) is 1.71. The number of benzene rings is 1. The van der Waals surface area contributed by atoms with Crippen molar-refractivity contribution in [2.24, 2.45) is 5.92 Å². The van der Waals surface area contributed by atoms with Crippen molar-refractivity contribution >= 4 is 5.78 Å². The second-order valence-corrected chi connectivity index (χ2v) is 3.47. The molecular weight excluding hydrogens is 180 g/mol. The molecule has 0 aromatic heterocycles. The third-order valence-corrected chi connectivity index (χ3v) is 2.64. The van der Waals surface area contributed by atoms with Gasteiger partial charge in [-0.2, -0.15) is 0 Å². The van der Waals surface area contributed by atoms with E-state index in [0.29, 0.717) is 6.42 Å². The number of aliphatic hydroxyl groups is 1. The van der Waals surface area contributed by atoms with Crippen LogP contribution >= 0.6 is 0 Å². The van der Waals surface area contributed by atoms with Crippen molar-refractivity contribution in [3.63, 3.8) is 0 Å². The predicted octanol–water partition coefficient (Wildman–Crippen LogP) is 1.04. The summed E-state index contributed by atoms with van der Waals surface area (Å²) in [6, 6.07) is 5.41. The van der Waals surface area contributed by atoms with Crippen LogP contribution in [0.15, 0.2) is 18.2 Å². The first kappa shape index (κ1) is 9.21. The number of ether oxygens (including phenoxy) is 1. The van der Waals surface area contributed by atoms with E-state index in [-0.39, 0.29) is 18.3 Å². The number of rotatable bonds is 2. The Morgan fingerprint density at radius 1 is 1.57 bits per heavy atom. The maximum atomic E-state index is 11.6. The zero-order valence-electron chi connectivity index (χ0n) is 7.99. The number of methoxy groups -OCH3 is 1. The van der Waals surface area contributed by atoms with Gasteiger partial charge in [0.25, 0.3) is 0 Å². The summed E-state index contributed by atoms with van der Waals surface area (Å²) in [5, 5.41) is 8.98. The third kappa shape index (κ3) is 1.30. The minimum atomic E-state index is -0.253. The third-order valence-electron chi connectivity index (χ3n) is 2.64. The van der Waals surface area contributed by atoms with Crippen LogP contribution in [0.1, 0.15) is 15.9 Å². The number of hydrogen-bond donors (Lipinski definition) is 1. The Labute approximate surface area is 82.3 Å². The Kier molecular flexibility index (Phi) is 2.25. The number of carbonyl (C=O) groups excluding carboxylic acids is 1. The molecule has 1 atom stereocenters. The van der Waals surface area contributed by atoms with Gasteiger partial charge in [0.15, 0.2) is 5.78 Å². The molecule has 0 spiro atoms. The van der Waals surface area contributed by atoms with Crippen molar-refractivity contribution in [1.29, 1.82) is 0 Å². The van der Waals surface area contributed by atoms with E-state index in [4.69, 9.17) is 9.84 Å². The highest BCUT2D eigenvalue weighted by molar-refractivity contribution is 6.02. The lowest BCUT2D eigenvalue weighted by Gasteiger charge is -2.01. The number of carbonyl (C=O) groups is 1. The molecule has 3 nitrogen and oxygen atoms in total. The molecule has 0 radical (unpaired) electrons. The van der Waals surface area contributed by atoms with Gasteiger partial charge in [0, 0.05) is 11.5 Å². The molecule has 0 fully saturated rings. The fourth-order valence-electron chi connectivity index (χ4n) is 1.83. The summed E-state index contributed by atoms with van der Waals surface area (Å²) < 4.78 is 5.07. The number of Topliss-reactive ketones (excluding diaryl/α,β-unsaturated/α-hetero) is 1. The second kappa shape index (κ2) is 3.42. The van der Waals surface area contributed by atoms with Crippen LogP contribution in [-0.4, -0.2) is 24.6 Å². The van der Waals surface area contributed by atoms with Crippen LogP contribution in [0.5, 0.6) is 5.75 Å². The molecule has 1 N–H and O–H groups in total. The molecule has 1 unspecified atom stereocenters. The van der Waals surface area contributed by atoms with Crippen LogP contribution in [0.2, 0.25) is 0 Å². The standard InChI is InChI=1S/C11H12O3/c1-14-9-2-3-10-7(5-9)4-8(6-12)11(10)13/h2-3,5,8,12H,4,6H2,1H3. The van der Waals surface area contributed by atoms with Crippen LogP contribution in [0.25, 0.3) is 0 Å². The minimum Gasteiger partial charge on any atom is -0.497 e. The van der Waals surface area contributed by atoms with E-state index < -0.39 is 0 Å². The molecule has 0 saturated heterocycles. The molecule has 2 rings (SSSR count). The summed E-state index contributed by atoms with van der Waals surface area (Å²) in [4.78, 5) is 11.6. The number of ketones is 1. The van der Waals surface area contributed by atoms with Crippen LogP contribution in [0, 0.1) is 5.92 Å². The van der Waals surface area contributed by atoms with Gasteiger partial charge >= 0.3 is 0 Å². The van der Waals surface area contributed by atoms with Crippen molar-refractivity contribution in [1.82, 2.24) is 0 Å². The zero-order chi connectivity index (χ0) is 10.1. The first-order chi connectivity index (χ1) is 6.76. The quantitative estimate of drug-likeness (QED) is 0.761. The predicted molar refractivity (Wildman–Crippen MR) is 51.6 cm³/mol. The molecule has 14 heavy (non-hydrogen) atoms. The molecule has 1 aliphatic rings. The SMILES string of the molecule is COc1ccc2c(c1)CC(CO)C2=O. The Balaban J connectivity index is 2.38. The second-order valence-electron chi connectivity index (χ2n) is 3.47. The normalized spacial score (nSPS) is 19.6. The largest absolute Gasteiger partial charge is 0.497 e. The fourth-order valence-corrected chi connectivity index (χ4v) is 1.83. The molecule has 74 valence electrons. The summed E-state index contributed by atoms with van der Waals surface area (Å²) in [6.45, 7) is -0.0736. The Morgan fingerprint density at radius 3 is 3.00 bits per heavy atom. The Morgan fingerprint density at radius 2 is 2.36 bits per heavy atom. The molecule has 1 aliphatic carbocycles. The van der Waals surface area contributed by atoms with Crippen molar-refractivity contribution in [2.45, 2.75) is 6.42 Å². The van der Waals surface area contributed by atoms with E-state index in [1.54, 1.807) is 19.2 Å². The fraction of sp³-hybridized carbons (Fsp3) is 0.364. The Hall–Kier alpha value is -1.35. The van der Waals surface area contributed by atoms with E-state index in [1.807, 2.05) is 6.07 Å². The van der Waals surface area contributed by atoms with Gasteiger partial charge in [0.1, 0.15) is 5.75 Å². The molecule has 3 heteroatoms. The highest BCUT2D eigenvalue weighted by Gasteiger charge is 2.29. The van der Waals surface area contributed by atoms with Crippen LogP contribution in [-0.2, 0) is 6.42 Å². The van der Waals surface area contributed by atoms with Crippen molar-refractivity contribution < 1.29 is 14.6 Å². The first-order valence-electron chi connectivity index (χ1n) is 4.58. The van der Waals surface area contributed by atoms with Gasteiger partial charge in [-0.05, 0) is 30.2 Å². The molecule has 0 heterocycles. The first-order valence-corrected chi connectivity index (χ1v) is 4.58. The van der Waals surface area contributed by atoms with Gasteiger partial charge in [-0.25, -0.2) is 0 Å². The highest BCUT2D eigenvalue weighted by atomic mass is 16.5. The molecule has 0 amide bonds. The molecule has 0 bridgehead atoms. The van der Waals surface area contributed by atoms with Gasteiger partial charge in [-0.1, -0.05) is 0 Å². The van der Waals surface area contributed by atoms with Gasteiger partial charge < -0.3 is 9.84 Å². The summed E-state index contributed by atoms with van der Waals surface area (Å²) in [5.74, 6) is 0.553. The van der Waals surface area contributed by atoms with Gasteiger partial charge in [0.05, 0.1) is 13.7 Å². The molecular formula is C11H12O3. The van der Waals surface area contributed by atoms with E-state index in [0.717, 1.165) is 16.9 Å². The maximum Gasteiger partial charge on any atom is 0.168 e. The molecule has 0 saturated carbocycles. The van der Waals surface area contributed by atoms with Crippen LogP contribution in [0.3, 0.4) is 0 Å². The van der Waals surface area contributed by atoms with Crippen molar-refractivity contribution in [3.05, 3.63) is 29.3 Å². The average Bonchev–Trinajstić information content (AvgIpc) is 2.55. The van der Waals surface area contributed by atoms with Gasteiger partial charge in [-0.3, -0.25) is 4.79 Å². The monoisotopic (exact) mass is 192 g/mol. The Bertz CT molecular complexity index is 371. The topological polar surface area (TPSA) is 46.5 Å². The summed E-state index contributed by atoms with van der Waals surface area (Å²) in [6.07, 6.45) is 0.627. The smallest absolute Gasteiger partial charge is 0.168 e. The van der Waals surface area contributed by atoms with E-state index in [9.17, 15) is 4.79 Å². The van der Waals surface area contributed by atoms with Gasteiger partial charge in [0.2, 0.25) is 0 Å². The van der Waals surface area contributed by atoms with Crippen molar-refractivity contribution in [3.8, 4) is 5.75 Å². The molecule has 1 aromatic carbocycles. The maximum absolute atomic E-state index is 11.6. The molecule has 1 aromatic rings. The summed E-state index contributed by atoms with van der Waals surface area (Å²) >= 11 is 0. The lowest BCUT2D eigenvalue weighted by atomic mass is 10.1. The van der Waals surface area contributed by atoms with E-state index in [2.05, 4.69) is 0 Å².